The van der Waals surface area contributed by atoms with Crippen molar-refractivity contribution in [3.63, 3.8) is 0 Å². The molecule has 0 unspecified atom stereocenters. The number of likely N-dealkylation sites (N-methyl/N-ethyl adjacent to an activating group) is 1. The molecule has 0 bridgehead atoms. The SMILES string of the molecule is Cc1nc(C)n(C(C)C)c1/C=C(/c1cc(CCc2ncc(CN3CCN(C)CC3)cn2)ncc1F)C(C)C. The van der Waals surface area contributed by atoms with E-state index in [0.29, 0.717) is 18.4 Å². The van der Waals surface area contributed by atoms with Gasteiger partial charge in [-0.2, -0.15) is 0 Å². The van der Waals surface area contributed by atoms with E-state index >= 15 is 4.39 Å². The average Bonchev–Trinajstić information content (AvgIpc) is 3.16. The second-order valence-corrected chi connectivity index (χ2v) is 11.1. The molecule has 4 rings (SSSR count). The molecule has 1 aliphatic rings. The molecule has 8 heteroatoms. The first-order valence-corrected chi connectivity index (χ1v) is 13.7. The van der Waals surface area contributed by atoms with Gasteiger partial charge >= 0.3 is 0 Å². The van der Waals surface area contributed by atoms with Crippen molar-refractivity contribution in [3.05, 3.63) is 70.3 Å². The van der Waals surface area contributed by atoms with E-state index in [0.717, 1.165) is 72.6 Å². The lowest BCUT2D eigenvalue weighted by Gasteiger charge is -2.32. The zero-order chi connectivity index (χ0) is 27.4. The smallest absolute Gasteiger partial charge is 0.148 e. The molecule has 0 amide bonds. The minimum Gasteiger partial charge on any atom is -0.326 e. The van der Waals surface area contributed by atoms with Crippen molar-refractivity contribution >= 4 is 11.6 Å². The van der Waals surface area contributed by atoms with Crippen LogP contribution in [0.3, 0.4) is 0 Å². The van der Waals surface area contributed by atoms with Gasteiger partial charge in [0.25, 0.3) is 0 Å². The molecule has 0 aromatic carbocycles. The van der Waals surface area contributed by atoms with Gasteiger partial charge in [0.1, 0.15) is 17.5 Å². The highest BCUT2D eigenvalue weighted by molar-refractivity contribution is 5.82. The zero-order valence-electron chi connectivity index (χ0n) is 24.0. The van der Waals surface area contributed by atoms with E-state index < -0.39 is 0 Å². The lowest BCUT2D eigenvalue weighted by atomic mass is 9.93. The molecule has 3 aromatic heterocycles. The van der Waals surface area contributed by atoms with Crippen LogP contribution in [-0.4, -0.2) is 67.5 Å². The van der Waals surface area contributed by atoms with Gasteiger partial charge in [-0.3, -0.25) is 9.88 Å². The Kier molecular flexibility index (Phi) is 9.05. The van der Waals surface area contributed by atoms with Crippen LogP contribution in [0.1, 0.15) is 73.6 Å². The molecule has 204 valence electrons. The Morgan fingerprint density at radius 2 is 1.66 bits per heavy atom. The Morgan fingerprint density at radius 1 is 0.974 bits per heavy atom. The molecule has 1 fully saturated rings. The van der Waals surface area contributed by atoms with E-state index in [9.17, 15) is 0 Å². The van der Waals surface area contributed by atoms with Crippen LogP contribution in [0.4, 0.5) is 4.39 Å². The largest absolute Gasteiger partial charge is 0.326 e. The third-order valence-electron chi connectivity index (χ3n) is 7.33. The standard InChI is InChI=1S/C30H42FN7/c1-20(2)26(15-29-22(5)35-23(6)38(29)21(3)4)27-14-25(32-18-28(27)31)8-9-30-33-16-24(17-34-30)19-37-12-10-36(7)11-13-37/h14-18,20-21H,8-13,19H2,1-7H3/b26-15+. The van der Waals surface area contributed by atoms with E-state index in [-0.39, 0.29) is 17.8 Å². The summed E-state index contributed by atoms with van der Waals surface area (Å²) in [5.41, 5.74) is 5.51. The second kappa shape index (κ2) is 12.3. The summed E-state index contributed by atoms with van der Waals surface area (Å²) in [5.74, 6) is 1.58. The van der Waals surface area contributed by atoms with Crippen LogP contribution in [0.2, 0.25) is 0 Å². The fourth-order valence-corrected chi connectivity index (χ4v) is 5.17. The van der Waals surface area contributed by atoms with Gasteiger partial charge in [-0.15, -0.1) is 0 Å². The van der Waals surface area contributed by atoms with Crippen molar-refractivity contribution in [2.75, 3.05) is 33.2 Å². The zero-order valence-corrected chi connectivity index (χ0v) is 24.0. The molecular formula is C30H42FN7. The molecule has 7 nitrogen and oxygen atoms in total. The Hall–Kier alpha value is -2.97. The van der Waals surface area contributed by atoms with Crippen molar-refractivity contribution < 1.29 is 4.39 Å². The highest BCUT2D eigenvalue weighted by Crippen LogP contribution is 2.30. The quantitative estimate of drug-likeness (QED) is 0.390. The molecule has 1 saturated heterocycles. The summed E-state index contributed by atoms with van der Waals surface area (Å²) in [5, 5.41) is 0. The Bertz CT molecular complexity index is 1250. The summed E-state index contributed by atoms with van der Waals surface area (Å²) in [4.78, 5) is 23.1. The Morgan fingerprint density at radius 3 is 2.29 bits per heavy atom. The lowest BCUT2D eigenvalue weighted by Crippen LogP contribution is -2.43. The van der Waals surface area contributed by atoms with Gasteiger partial charge in [0, 0.05) is 74.4 Å². The van der Waals surface area contributed by atoms with Crippen molar-refractivity contribution in [2.24, 2.45) is 5.92 Å². The normalized spacial score (nSPS) is 15.7. The first kappa shape index (κ1) is 28.0. The molecule has 0 spiro atoms. The van der Waals surface area contributed by atoms with Crippen LogP contribution in [0.15, 0.2) is 24.7 Å². The molecule has 38 heavy (non-hydrogen) atoms. The fourth-order valence-electron chi connectivity index (χ4n) is 5.17. The predicted molar refractivity (Wildman–Crippen MR) is 151 cm³/mol. The van der Waals surface area contributed by atoms with Crippen molar-refractivity contribution in [2.45, 2.75) is 67.0 Å². The maximum atomic E-state index is 15.1. The summed E-state index contributed by atoms with van der Waals surface area (Å²) < 4.78 is 17.3. The van der Waals surface area contributed by atoms with Gasteiger partial charge in [-0.1, -0.05) is 13.8 Å². The molecule has 1 aliphatic heterocycles. The third kappa shape index (κ3) is 6.72. The highest BCUT2D eigenvalue weighted by Gasteiger charge is 2.18. The molecule has 0 atom stereocenters. The third-order valence-corrected chi connectivity index (χ3v) is 7.33. The number of hydrogen-bond donors (Lipinski definition) is 0. The van der Waals surface area contributed by atoms with E-state index in [1.807, 2.05) is 32.3 Å². The molecule has 4 heterocycles. The van der Waals surface area contributed by atoms with Gasteiger partial charge in [-0.25, -0.2) is 19.3 Å². The molecular weight excluding hydrogens is 477 g/mol. The number of aryl methyl sites for hydroxylation is 4. The van der Waals surface area contributed by atoms with E-state index in [1.165, 1.54) is 6.20 Å². The Balaban J connectivity index is 1.49. The van der Waals surface area contributed by atoms with E-state index in [4.69, 9.17) is 0 Å². The van der Waals surface area contributed by atoms with E-state index in [1.54, 1.807) is 0 Å². The van der Waals surface area contributed by atoms with Gasteiger partial charge in [-0.05, 0) is 64.8 Å². The molecule has 0 radical (unpaired) electrons. The average molecular weight is 520 g/mol. The minimum atomic E-state index is -0.303. The Labute approximate surface area is 226 Å². The molecule has 0 N–H and O–H groups in total. The maximum absolute atomic E-state index is 15.1. The number of rotatable bonds is 9. The number of allylic oxidation sites excluding steroid dienone is 1. The lowest BCUT2D eigenvalue weighted by molar-refractivity contribution is 0.148. The summed E-state index contributed by atoms with van der Waals surface area (Å²) in [6, 6.07) is 2.16. The van der Waals surface area contributed by atoms with Gasteiger partial charge in [0.2, 0.25) is 0 Å². The number of halogens is 1. The fraction of sp³-hybridized carbons (Fsp3) is 0.533. The molecule has 0 aliphatic carbocycles. The van der Waals surface area contributed by atoms with Crippen LogP contribution in [0, 0.1) is 25.6 Å². The number of nitrogens with zero attached hydrogens (tertiary/aromatic N) is 7. The van der Waals surface area contributed by atoms with Crippen molar-refractivity contribution in [3.8, 4) is 0 Å². The highest BCUT2D eigenvalue weighted by atomic mass is 19.1. The number of imidazole rings is 1. The summed E-state index contributed by atoms with van der Waals surface area (Å²) in [7, 11) is 2.17. The minimum absolute atomic E-state index is 0.131. The van der Waals surface area contributed by atoms with Gasteiger partial charge in [0.15, 0.2) is 0 Å². The number of pyridine rings is 1. The van der Waals surface area contributed by atoms with Gasteiger partial charge in [0.05, 0.1) is 17.6 Å². The molecule has 0 saturated carbocycles. The van der Waals surface area contributed by atoms with Crippen LogP contribution >= 0.6 is 0 Å². The summed E-state index contributed by atoms with van der Waals surface area (Å²) in [6.45, 7) is 17.7. The molecule has 3 aromatic rings. The van der Waals surface area contributed by atoms with Crippen LogP contribution in [-0.2, 0) is 19.4 Å². The number of aromatic nitrogens is 5. The first-order valence-electron chi connectivity index (χ1n) is 13.7. The van der Waals surface area contributed by atoms with Crippen molar-refractivity contribution in [1.29, 1.82) is 0 Å². The monoisotopic (exact) mass is 519 g/mol. The first-order chi connectivity index (χ1) is 18.1. The van der Waals surface area contributed by atoms with E-state index in [2.05, 4.69) is 75.1 Å². The summed E-state index contributed by atoms with van der Waals surface area (Å²) >= 11 is 0. The van der Waals surface area contributed by atoms with Crippen LogP contribution in [0.25, 0.3) is 11.6 Å². The second-order valence-electron chi connectivity index (χ2n) is 11.1. The summed E-state index contributed by atoms with van der Waals surface area (Å²) in [6.07, 6.45) is 8.63. The predicted octanol–water partition coefficient (Wildman–Crippen LogP) is 5.13. The van der Waals surface area contributed by atoms with Crippen LogP contribution < -0.4 is 0 Å². The van der Waals surface area contributed by atoms with Gasteiger partial charge < -0.3 is 9.47 Å². The number of piperazine rings is 1. The van der Waals surface area contributed by atoms with Crippen LogP contribution in [0.5, 0.6) is 0 Å². The number of hydrogen-bond acceptors (Lipinski definition) is 6. The van der Waals surface area contributed by atoms with Crippen molar-refractivity contribution in [1.82, 2.24) is 34.3 Å². The maximum Gasteiger partial charge on any atom is 0.148 e. The topological polar surface area (TPSA) is 63.0 Å².